The molecule has 1 fully saturated rings. The maximum atomic E-state index is 13.8. The van der Waals surface area contributed by atoms with E-state index >= 15 is 0 Å². The van der Waals surface area contributed by atoms with Crippen molar-refractivity contribution in [1.29, 1.82) is 0 Å². The summed E-state index contributed by atoms with van der Waals surface area (Å²) in [7, 11) is 2.92. The number of fused-ring (bicyclic) bond motifs is 3. The highest BCUT2D eigenvalue weighted by molar-refractivity contribution is 5.80. The minimum Gasteiger partial charge on any atom is -0.502 e. The third-order valence-electron chi connectivity index (χ3n) is 9.22. The van der Waals surface area contributed by atoms with Crippen LogP contribution in [-0.4, -0.2) is 50.7 Å². The molecule has 2 aliphatic heterocycles. The lowest BCUT2D eigenvalue weighted by molar-refractivity contribution is -0.148. The SMILES string of the molecule is COc1cc([C@@H]2c3cc4c(cc3[C@@H](NC(Cc3ccccc3)C(=O)OCc3ccccc3)C3COC(=O)[C@@H]32)OCO4)cc(OC)c1O. The van der Waals surface area contributed by atoms with E-state index in [1.54, 1.807) is 12.1 Å². The molecule has 0 saturated carbocycles. The summed E-state index contributed by atoms with van der Waals surface area (Å²) < 4.78 is 34.1. The molecule has 10 nitrogen and oxygen atoms in total. The van der Waals surface area contributed by atoms with E-state index in [1.807, 2.05) is 72.8 Å². The molecule has 4 aromatic rings. The Morgan fingerprint density at radius 1 is 0.872 bits per heavy atom. The quantitative estimate of drug-likeness (QED) is 0.228. The normalized spacial score (nSPS) is 21.3. The van der Waals surface area contributed by atoms with Crippen molar-refractivity contribution in [1.82, 2.24) is 5.32 Å². The summed E-state index contributed by atoms with van der Waals surface area (Å²) in [6.07, 6.45) is 0.368. The van der Waals surface area contributed by atoms with Gasteiger partial charge >= 0.3 is 11.9 Å². The fourth-order valence-corrected chi connectivity index (χ4v) is 6.98. The van der Waals surface area contributed by atoms with Crippen molar-refractivity contribution >= 4 is 11.9 Å². The highest BCUT2D eigenvalue weighted by Crippen LogP contribution is 2.55. The number of ether oxygens (including phenoxy) is 6. The molecular weight excluding hydrogens is 602 g/mol. The number of phenols is 1. The number of hydrogen-bond donors (Lipinski definition) is 2. The molecule has 2 unspecified atom stereocenters. The molecule has 5 atom stereocenters. The summed E-state index contributed by atoms with van der Waals surface area (Å²) in [5, 5.41) is 14.3. The number of nitrogens with one attached hydrogen (secondary N) is 1. The van der Waals surface area contributed by atoms with Gasteiger partial charge in [0.1, 0.15) is 12.6 Å². The van der Waals surface area contributed by atoms with E-state index in [0.717, 1.165) is 22.3 Å². The van der Waals surface area contributed by atoms with E-state index in [-0.39, 0.29) is 49.1 Å². The van der Waals surface area contributed by atoms with Crippen molar-refractivity contribution in [3.63, 3.8) is 0 Å². The van der Waals surface area contributed by atoms with Crippen molar-refractivity contribution in [2.75, 3.05) is 27.6 Å². The van der Waals surface area contributed by atoms with Crippen LogP contribution in [0.5, 0.6) is 28.7 Å². The second-order valence-electron chi connectivity index (χ2n) is 11.9. The predicted octanol–water partition coefficient (Wildman–Crippen LogP) is 5.06. The number of rotatable bonds is 10. The number of cyclic esters (lactones) is 1. The molecule has 3 aliphatic rings. The monoisotopic (exact) mass is 637 g/mol. The third-order valence-corrected chi connectivity index (χ3v) is 9.22. The largest absolute Gasteiger partial charge is 0.502 e. The molecule has 10 heteroatoms. The van der Waals surface area contributed by atoms with Crippen molar-refractivity contribution in [2.45, 2.75) is 31.0 Å². The minimum atomic E-state index is -0.744. The Hall–Kier alpha value is -5.22. The molecule has 1 saturated heterocycles. The Balaban J connectivity index is 1.31. The second-order valence-corrected chi connectivity index (χ2v) is 11.9. The Morgan fingerprint density at radius 3 is 2.13 bits per heavy atom. The summed E-state index contributed by atoms with van der Waals surface area (Å²) >= 11 is 0. The first-order valence-corrected chi connectivity index (χ1v) is 15.5. The van der Waals surface area contributed by atoms with Crippen molar-refractivity contribution in [3.8, 4) is 28.7 Å². The summed E-state index contributed by atoms with van der Waals surface area (Å²) in [5.74, 6) is -0.819. The van der Waals surface area contributed by atoms with Gasteiger partial charge in [-0.3, -0.25) is 14.9 Å². The number of carbonyl (C=O) groups excluding carboxylic acids is 2. The summed E-state index contributed by atoms with van der Waals surface area (Å²) in [6, 6.07) is 25.3. The van der Waals surface area contributed by atoms with E-state index in [0.29, 0.717) is 23.5 Å². The highest BCUT2D eigenvalue weighted by Gasteiger charge is 2.53. The number of benzene rings is 4. The molecule has 0 radical (unpaired) electrons. The van der Waals surface area contributed by atoms with Gasteiger partial charge in [0.05, 0.1) is 26.7 Å². The van der Waals surface area contributed by atoms with Gasteiger partial charge in [-0.05, 0) is 58.5 Å². The van der Waals surface area contributed by atoms with Gasteiger partial charge in [-0.25, -0.2) is 0 Å². The molecule has 0 bridgehead atoms. The zero-order valence-corrected chi connectivity index (χ0v) is 26.0. The fraction of sp³-hybridized carbons (Fsp3) is 0.297. The molecule has 1 aliphatic carbocycles. The van der Waals surface area contributed by atoms with E-state index in [1.165, 1.54) is 14.2 Å². The van der Waals surface area contributed by atoms with Crippen LogP contribution in [0.15, 0.2) is 84.9 Å². The van der Waals surface area contributed by atoms with Gasteiger partial charge in [-0.1, -0.05) is 60.7 Å². The smallest absolute Gasteiger partial charge is 0.323 e. The topological polar surface area (TPSA) is 122 Å². The zero-order valence-electron chi connectivity index (χ0n) is 26.0. The predicted molar refractivity (Wildman–Crippen MR) is 170 cm³/mol. The molecular formula is C37H35NO9. The van der Waals surface area contributed by atoms with E-state index in [9.17, 15) is 14.7 Å². The third kappa shape index (κ3) is 5.81. The number of aromatic hydroxyl groups is 1. The Labute approximate surface area is 272 Å². The van der Waals surface area contributed by atoms with Crippen molar-refractivity contribution < 1.29 is 43.1 Å². The first-order chi connectivity index (χ1) is 22.9. The molecule has 0 aromatic heterocycles. The summed E-state index contributed by atoms with van der Waals surface area (Å²) in [5.41, 5.74) is 4.19. The molecule has 7 rings (SSSR count). The van der Waals surface area contributed by atoms with Crippen LogP contribution in [0.1, 0.15) is 39.8 Å². The van der Waals surface area contributed by atoms with Gasteiger partial charge < -0.3 is 33.5 Å². The van der Waals surface area contributed by atoms with Crippen LogP contribution in [0, 0.1) is 11.8 Å². The summed E-state index contributed by atoms with van der Waals surface area (Å²) in [6.45, 7) is 0.348. The molecule has 47 heavy (non-hydrogen) atoms. The fourth-order valence-electron chi connectivity index (χ4n) is 6.98. The van der Waals surface area contributed by atoms with Gasteiger partial charge in [0, 0.05) is 17.9 Å². The van der Waals surface area contributed by atoms with Crippen molar-refractivity contribution in [3.05, 3.63) is 113 Å². The number of esters is 2. The van der Waals surface area contributed by atoms with Crippen molar-refractivity contribution in [2.24, 2.45) is 11.8 Å². The van der Waals surface area contributed by atoms with Gasteiger partial charge in [0.15, 0.2) is 23.0 Å². The Bertz CT molecular complexity index is 1750. The van der Waals surface area contributed by atoms with Crippen LogP contribution in [0.2, 0.25) is 0 Å². The number of methoxy groups -OCH3 is 2. The van der Waals surface area contributed by atoms with Crippen LogP contribution in [0.3, 0.4) is 0 Å². The first kappa shape index (κ1) is 30.4. The first-order valence-electron chi connectivity index (χ1n) is 15.5. The number of hydrogen-bond acceptors (Lipinski definition) is 10. The molecule has 2 N–H and O–H groups in total. The lowest BCUT2D eigenvalue weighted by atomic mass is 9.65. The molecule has 0 amide bonds. The molecule has 2 heterocycles. The zero-order chi connectivity index (χ0) is 32.5. The molecule has 4 aromatic carbocycles. The average Bonchev–Trinajstić information content (AvgIpc) is 3.73. The lowest BCUT2D eigenvalue weighted by Gasteiger charge is -2.40. The van der Waals surface area contributed by atoms with Gasteiger partial charge in [-0.2, -0.15) is 0 Å². The Morgan fingerprint density at radius 2 is 1.49 bits per heavy atom. The lowest BCUT2D eigenvalue weighted by Crippen LogP contribution is -2.48. The Kier molecular flexibility index (Phi) is 8.34. The summed E-state index contributed by atoms with van der Waals surface area (Å²) in [4.78, 5) is 27.4. The maximum Gasteiger partial charge on any atom is 0.323 e. The molecule has 0 spiro atoms. The van der Waals surface area contributed by atoms with Gasteiger partial charge in [0.25, 0.3) is 0 Å². The van der Waals surface area contributed by atoms with Gasteiger partial charge in [0.2, 0.25) is 12.5 Å². The number of carbonyl (C=O) groups is 2. The number of phenolic OH excluding ortho intramolecular Hbond substituents is 1. The highest BCUT2D eigenvalue weighted by atomic mass is 16.7. The maximum absolute atomic E-state index is 13.8. The average molecular weight is 638 g/mol. The van der Waals surface area contributed by atoms with Crippen LogP contribution in [0.4, 0.5) is 0 Å². The van der Waals surface area contributed by atoms with Crippen LogP contribution in [0.25, 0.3) is 0 Å². The van der Waals surface area contributed by atoms with E-state index < -0.39 is 29.9 Å². The molecule has 242 valence electrons. The second kappa shape index (κ2) is 12.9. The minimum absolute atomic E-state index is 0.0686. The van der Waals surface area contributed by atoms with Crippen LogP contribution < -0.4 is 24.3 Å². The standard InChI is InChI=1S/C37H35NO9/c1-42-30-14-23(15-31(43-2)35(30)39)32-24-16-28-29(47-20-46-28)17-25(24)34(26-19-45-37(41)33(26)32)38-27(13-21-9-5-3-6-10-21)36(40)44-18-22-11-7-4-8-12-22/h3-12,14-17,26-27,32-34,38-39H,13,18-20H2,1-2H3/t26?,27?,32-,33+,34-/m1/s1. The van der Waals surface area contributed by atoms with Crippen LogP contribution in [-0.2, 0) is 32.1 Å². The van der Waals surface area contributed by atoms with E-state index in [4.69, 9.17) is 28.4 Å². The van der Waals surface area contributed by atoms with Crippen LogP contribution >= 0.6 is 0 Å². The van der Waals surface area contributed by atoms with E-state index in [2.05, 4.69) is 5.32 Å². The van der Waals surface area contributed by atoms with Gasteiger partial charge in [-0.15, -0.1) is 0 Å².